The lowest BCUT2D eigenvalue weighted by atomic mass is 9.95. The molecule has 7 nitrogen and oxygen atoms in total. The lowest BCUT2D eigenvalue weighted by Gasteiger charge is -2.31. The predicted octanol–water partition coefficient (Wildman–Crippen LogP) is 4.60. The van der Waals surface area contributed by atoms with E-state index in [1.807, 2.05) is 68.4 Å². The van der Waals surface area contributed by atoms with Crippen LogP contribution in [0.2, 0.25) is 0 Å². The molecule has 1 aliphatic heterocycles. The van der Waals surface area contributed by atoms with Crippen LogP contribution < -0.4 is 15.4 Å². The maximum Gasteiger partial charge on any atom is 0.289 e. The van der Waals surface area contributed by atoms with Crippen LogP contribution in [0.25, 0.3) is 0 Å². The number of nitrogens with one attached hydrogen (secondary N) is 2. The van der Waals surface area contributed by atoms with Crippen molar-refractivity contribution in [3.8, 4) is 11.5 Å². The Morgan fingerprint density at radius 2 is 1.65 bits per heavy atom. The fourth-order valence-electron chi connectivity index (χ4n) is 5.32. The van der Waals surface area contributed by atoms with E-state index in [1.54, 1.807) is 4.90 Å². The molecule has 1 heterocycles. The summed E-state index contributed by atoms with van der Waals surface area (Å²) >= 11 is 0. The molecule has 4 rings (SSSR count). The van der Waals surface area contributed by atoms with Crippen LogP contribution in [0.3, 0.4) is 0 Å². The Labute approximate surface area is 220 Å². The number of hydrogen-bond acceptors (Lipinski definition) is 5. The number of amides is 2. The fourth-order valence-corrected chi connectivity index (χ4v) is 5.32. The van der Waals surface area contributed by atoms with Crippen molar-refractivity contribution in [3.63, 3.8) is 0 Å². The summed E-state index contributed by atoms with van der Waals surface area (Å²) in [6.07, 6.45) is 6.44. The van der Waals surface area contributed by atoms with Gasteiger partial charge in [-0.05, 0) is 61.4 Å². The third-order valence-electron chi connectivity index (χ3n) is 7.34. The second kappa shape index (κ2) is 12.9. The molecule has 7 heteroatoms. The van der Waals surface area contributed by atoms with E-state index in [0.29, 0.717) is 19.5 Å². The van der Waals surface area contributed by atoms with Crippen molar-refractivity contribution >= 4 is 17.6 Å². The number of hydrogen-bond donors (Lipinski definition) is 2. The Morgan fingerprint density at radius 1 is 0.919 bits per heavy atom. The number of likely N-dealkylation sites (tertiary alicyclic amines) is 1. The Bertz CT molecular complexity index is 1070. The molecule has 2 atom stereocenters. The fraction of sp³-hybridized carbons (Fsp3) is 0.500. The van der Waals surface area contributed by atoms with Crippen LogP contribution in [0.5, 0.6) is 11.5 Å². The summed E-state index contributed by atoms with van der Waals surface area (Å²) in [4.78, 5) is 41.0. The molecule has 2 N–H and O–H groups in total. The SMILES string of the molecule is CC(C)[C@H](NCc1cccc(Oc2ccccc2)c1)C(=O)N1CCC[C@H]1C(=O)C(=O)NC1CCCCC1. The maximum absolute atomic E-state index is 13.6. The average molecular weight is 506 g/mol. The number of Topliss-reactive ketones (excluding diaryl/α,β-unsaturated/α-hetero) is 1. The molecule has 1 saturated carbocycles. The number of carbonyl (C=O) groups excluding carboxylic acids is 3. The summed E-state index contributed by atoms with van der Waals surface area (Å²) in [6.45, 7) is 4.97. The van der Waals surface area contributed by atoms with Crippen LogP contribution in [0.15, 0.2) is 54.6 Å². The Kier molecular flexibility index (Phi) is 9.34. The van der Waals surface area contributed by atoms with Crippen molar-refractivity contribution in [2.75, 3.05) is 6.54 Å². The van der Waals surface area contributed by atoms with Crippen molar-refractivity contribution in [2.24, 2.45) is 5.92 Å². The molecule has 37 heavy (non-hydrogen) atoms. The topological polar surface area (TPSA) is 87.7 Å². The van der Waals surface area contributed by atoms with Crippen LogP contribution in [-0.2, 0) is 20.9 Å². The van der Waals surface area contributed by atoms with Gasteiger partial charge in [-0.3, -0.25) is 14.4 Å². The first-order valence-electron chi connectivity index (χ1n) is 13.6. The van der Waals surface area contributed by atoms with Crippen molar-refractivity contribution in [1.82, 2.24) is 15.5 Å². The highest BCUT2D eigenvalue weighted by atomic mass is 16.5. The number of nitrogens with zero attached hydrogens (tertiary/aromatic N) is 1. The summed E-state index contributed by atoms with van der Waals surface area (Å²) in [7, 11) is 0. The average Bonchev–Trinajstić information content (AvgIpc) is 3.39. The number of carbonyl (C=O) groups is 3. The van der Waals surface area contributed by atoms with Crippen LogP contribution in [0.1, 0.15) is 64.4 Å². The molecule has 2 amide bonds. The second-order valence-corrected chi connectivity index (χ2v) is 10.5. The van der Waals surface area contributed by atoms with Crippen LogP contribution in [-0.4, -0.2) is 47.2 Å². The quantitative estimate of drug-likeness (QED) is 0.461. The molecule has 2 aliphatic rings. The number of rotatable bonds is 10. The summed E-state index contributed by atoms with van der Waals surface area (Å²) < 4.78 is 5.94. The molecule has 198 valence electrons. The van der Waals surface area contributed by atoms with E-state index in [-0.39, 0.29) is 17.9 Å². The van der Waals surface area contributed by atoms with Gasteiger partial charge in [-0.25, -0.2) is 0 Å². The molecule has 2 aromatic carbocycles. The first kappa shape index (κ1) is 26.9. The standard InChI is InChI=1S/C30H39N3O4/c1-21(2)27(31-20-22-11-9-16-25(19-22)37-24-14-7-4-8-15-24)30(36)33-18-10-17-26(33)28(34)29(35)32-23-12-5-3-6-13-23/h4,7-9,11,14-16,19,21,23,26-27,31H,3,5-6,10,12-13,17-18,20H2,1-2H3,(H,32,35)/t26-,27-/m0/s1. The van der Waals surface area contributed by atoms with Gasteiger partial charge in [0.2, 0.25) is 11.7 Å². The normalized spacial score (nSPS) is 19.0. The monoisotopic (exact) mass is 505 g/mol. The third kappa shape index (κ3) is 7.19. The maximum atomic E-state index is 13.6. The predicted molar refractivity (Wildman–Crippen MR) is 143 cm³/mol. The minimum absolute atomic E-state index is 0.0173. The highest BCUT2D eigenvalue weighted by Crippen LogP contribution is 2.24. The molecule has 0 bridgehead atoms. The van der Waals surface area contributed by atoms with Gasteiger partial charge in [0.05, 0.1) is 6.04 Å². The van der Waals surface area contributed by atoms with Gasteiger partial charge in [0.15, 0.2) is 0 Å². The van der Waals surface area contributed by atoms with E-state index < -0.39 is 23.8 Å². The van der Waals surface area contributed by atoms with E-state index >= 15 is 0 Å². The second-order valence-electron chi connectivity index (χ2n) is 10.5. The van der Waals surface area contributed by atoms with Crippen LogP contribution in [0.4, 0.5) is 0 Å². The summed E-state index contributed by atoms with van der Waals surface area (Å²) in [5.41, 5.74) is 0.993. The minimum atomic E-state index is -0.679. The number of para-hydroxylation sites is 1. The zero-order valence-corrected chi connectivity index (χ0v) is 21.9. The molecule has 1 aliphatic carbocycles. The van der Waals surface area contributed by atoms with E-state index in [0.717, 1.165) is 49.2 Å². The minimum Gasteiger partial charge on any atom is -0.457 e. The van der Waals surface area contributed by atoms with E-state index in [4.69, 9.17) is 4.74 Å². The van der Waals surface area contributed by atoms with Gasteiger partial charge in [0.1, 0.15) is 17.5 Å². The van der Waals surface area contributed by atoms with E-state index in [9.17, 15) is 14.4 Å². The van der Waals surface area contributed by atoms with Gasteiger partial charge in [0.25, 0.3) is 5.91 Å². The molecular formula is C30H39N3O4. The molecule has 0 aromatic heterocycles. The van der Waals surface area contributed by atoms with Gasteiger partial charge >= 0.3 is 0 Å². The molecule has 2 aromatic rings. The molecular weight excluding hydrogens is 466 g/mol. The van der Waals surface area contributed by atoms with E-state index in [1.165, 1.54) is 6.42 Å². The zero-order chi connectivity index (χ0) is 26.2. The molecule has 1 saturated heterocycles. The lowest BCUT2D eigenvalue weighted by molar-refractivity contribution is -0.145. The molecule has 2 fully saturated rings. The highest BCUT2D eigenvalue weighted by molar-refractivity contribution is 6.38. The first-order valence-corrected chi connectivity index (χ1v) is 13.6. The van der Waals surface area contributed by atoms with E-state index in [2.05, 4.69) is 10.6 Å². The molecule has 0 radical (unpaired) electrons. The highest BCUT2D eigenvalue weighted by Gasteiger charge is 2.40. The van der Waals surface area contributed by atoms with Crippen molar-refractivity contribution in [2.45, 2.75) is 83.5 Å². The summed E-state index contributed by atoms with van der Waals surface area (Å²) in [6, 6.07) is 16.3. The van der Waals surface area contributed by atoms with Crippen molar-refractivity contribution in [3.05, 3.63) is 60.2 Å². The summed E-state index contributed by atoms with van der Waals surface area (Å²) in [5, 5.41) is 6.32. The van der Waals surface area contributed by atoms with Gasteiger partial charge in [-0.2, -0.15) is 0 Å². The van der Waals surface area contributed by atoms with Gasteiger partial charge in [-0.1, -0.05) is 63.4 Å². The zero-order valence-electron chi connectivity index (χ0n) is 21.9. The Balaban J connectivity index is 1.37. The van der Waals surface area contributed by atoms with Crippen molar-refractivity contribution in [1.29, 1.82) is 0 Å². The summed E-state index contributed by atoms with van der Waals surface area (Å²) in [5.74, 6) is 0.370. The largest absolute Gasteiger partial charge is 0.457 e. The molecule has 0 spiro atoms. The number of benzene rings is 2. The van der Waals surface area contributed by atoms with Crippen LogP contribution >= 0.6 is 0 Å². The number of ketones is 1. The Morgan fingerprint density at radius 3 is 2.38 bits per heavy atom. The molecule has 0 unspecified atom stereocenters. The van der Waals surface area contributed by atoms with Gasteiger partial charge < -0.3 is 20.3 Å². The third-order valence-corrected chi connectivity index (χ3v) is 7.34. The number of ether oxygens (including phenoxy) is 1. The smallest absolute Gasteiger partial charge is 0.289 e. The van der Waals surface area contributed by atoms with Gasteiger partial charge in [-0.15, -0.1) is 0 Å². The van der Waals surface area contributed by atoms with Crippen LogP contribution in [0, 0.1) is 5.92 Å². The van der Waals surface area contributed by atoms with Gasteiger partial charge in [0, 0.05) is 19.1 Å². The van der Waals surface area contributed by atoms with Crippen molar-refractivity contribution < 1.29 is 19.1 Å². The lowest BCUT2D eigenvalue weighted by Crippen LogP contribution is -2.54. The Hall–Kier alpha value is -3.19. The first-order chi connectivity index (χ1) is 17.9.